The summed E-state index contributed by atoms with van der Waals surface area (Å²) in [4.78, 5) is 31.2. The van der Waals surface area contributed by atoms with E-state index in [-0.39, 0.29) is 17.4 Å². The van der Waals surface area contributed by atoms with Crippen LogP contribution < -0.4 is 0 Å². The number of carbonyl (C=O) groups excluding carboxylic acids is 2. The molecule has 152 valence electrons. The fourth-order valence-corrected chi connectivity index (χ4v) is 3.44. The zero-order valence-electron chi connectivity index (χ0n) is 16.3. The molecule has 29 heavy (non-hydrogen) atoms. The van der Waals surface area contributed by atoms with Gasteiger partial charge < -0.3 is 14.7 Å². The Morgan fingerprint density at radius 2 is 1.97 bits per heavy atom. The predicted molar refractivity (Wildman–Crippen MR) is 110 cm³/mol. The van der Waals surface area contributed by atoms with Gasteiger partial charge in [0.15, 0.2) is 0 Å². The van der Waals surface area contributed by atoms with Crippen LogP contribution in [0.4, 0.5) is 0 Å². The minimum Gasteiger partial charge on any atom is -0.507 e. The molecule has 7 heteroatoms. The summed E-state index contributed by atoms with van der Waals surface area (Å²) in [5.41, 5.74) is 1.13. The lowest BCUT2D eigenvalue weighted by atomic mass is 9.96. The van der Waals surface area contributed by atoms with E-state index in [1.165, 1.54) is 4.90 Å². The van der Waals surface area contributed by atoms with Crippen LogP contribution in [-0.4, -0.2) is 45.9 Å². The lowest BCUT2D eigenvalue weighted by Gasteiger charge is -2.25. The summed E-state index contributed by atoms with van der Waals surface area (Å²) < 4.78 is 5.55. The van der Waals surface area contributed by atoms with E-state index in [2.05, 4.69) is 4.98 Å². The van der Waals surface area contributed by atoms with Gasteiger partial charge in [0.05, 0.1) is 17.7 Å². The van der Waals surface area contributed by atoms with Gasteiger partial charge in [-0.3, -0.25) is 14.6 Å². The van der Waals surface area contributed by atoms with Crippen LogP contribution in [0.2, 0.25) is 5.02 Å². The van der Waals surface area contributed by atoms with E-state index in [0.717, 1.165) is 0 Å². The topological polar surface area (TPSA) is 79.7 Å². The van der Waals surface area contributed by atoms with Crippen LogP contribution >= 0.6 is 11.6 Å². The van der Waals surface area contributed by atoms with Crippen molar-refractivity contribution in [3.8, 4) is 0 Å². The number of ether oxygens (including phenoxy) is 1. The summed E-state index contributed by atoms with van der Waals surface area (Å²) >= 11 is 5.92. The van der Waals surface area contributed by atoms with Gasteiger partial charge >= 0.3 is 0 Å². The maximum absolute atomic E-state index is 12.8. The van der Waals surface area contributed by atoms with Crippen LogP contribution in [0.15, 0.2) is 54.4 Å². The number of likely N-dealkylation sites (tertiary alicyclic amines) is 1. The molecule has 0 bridgehead atoms. The molecule has 0 radical (unpaired) electrons. The summed E-state index contributed by atoms with van der Waals surface area (Å²) in [7, 11) is 0. The third-order valence-corrected chi connectivity index (χ3v) is 4.90. The Balaban J connectivity index is 1.99. The van der Waals surface area contributed by atoms with Crippen molar-refractivity contribution in [1.82, 2.24) is 9.88 Å². The summed E-state index contributed by atoms with van der Waals surface area (Å²) in [6.45, 7) is 4.67. The van der Waals surface area contributed by atoms with E-state index in [1.807, 2.05) is 13.8 Å². The van der Waals surface area contributed by atoms with E-state index in [4.69, 9.17) is 16.3 Å². The third kappa shape index (κ3) is 4.66. The maximum Gasteiger partial charge on any atom is 0.295 e. The summed E-state index contributed by atoms with van der Waals surface area (Å²) in [5, 5.41) is 11.4. The Hall–Kier alpha value is -2.70. The number of hydrogen-bond acceptors (Lipinski definition) is 5. The molecular formula is C22H23ClN2O4. The summed E-state index contributed by atoms with van der Waals surface area (Å²) in [6.07, 6.45) is 3.88. The van der Waals surface area contributed by atoms with Crippen LogP contribution in [0.1, 0.15) is 37.4 Å². The third-order valence-electron chi connectivity index (χ3n) is 4.65. The number of hydrogen-bond donors (Lipinski definition) is 1. The van der Waals surface area contributed by atoms with Crippen LogP contribution in [0, 0.1) is 0 Å². The van der Waals surface area contributed by atoms with Crippen LogP contribution in [0.25, 0.3) is 5.76 Å². The number of pyridine rings is 1. The molecule has 3 rings (SSSR count). The second-order valence-electron chi connectivity index (χ2n) is 7.06. The van der Waals surface area contributed by atoms with Crippen molar-refractivity contribution in [2.24, 2.45) is 0 Å². The van der Waals surface area contributed by atoms with Gasteiger partial charge in [-0.2, -0.15) is 0 Å². The van der Waals surface area contributed by atoms with Gasteiger partial charge in [0.1, 0.15) is 5.76 Å². The first-order valence-corrected chi connectivity index (χ1v) is 9.84. The van der Waals surface area contributed by atoms with Crippen LogP contribution in [0.5, 0.6) is 0 Å². The number of benzene rings is 1. The molecule has 0 spiro atoms. The van der Waals surface area contributed by atoms with E-state index in [0.29, 0.717) is 35.7 Å². The Morgan fingerprint density at radius 1 is 1.24 bits per heavy atom. The van der Waals surface area contributed by atoms with Crippen molar-refractivity contribution < 1.29 is 19.4 Å². The van der Waals surface area contributed by atoms with Gasteiger partial charge in [0.2, 0.25) is 0 Å². The molecule has 1 N–H and O–H groups in total. The molecule has 1 aromatic heterocycles. The molecule has 1 amide bonds. The first-order valence-electron chi connectivity index (χ1n) is 9.46. The van der Waals surface area contributed by atoms with Gasteiger partial charge in [-0.1, -0.05) is 17.7 Å². The summed E-state index contributed by atoms with van der Waals surface area (Å²) in [6, 6.07) is 9.28. The van der Waals surface area contributed by atoms with Crippen molar-refractivity contribution in [1.29, 1.82) is 0 Å². The van der Waals surface area contributed by atoms with Crippen molar-refractivity contribution in [2.75, 3.05) is 13.2 Å². The van der Waals surface area contributed by atoms with Crippen molar-refractivity contribution in [2.45, 2.75) is 32.4 Å². The van der Waals surface area contributed by atoms with Gasteiger partial charge in [-0.05, 0) is 56.2 Å². The number of aliphatic hydroxyl groups is 1. The zero-order chi connectivity index (χ0) is 21.0. The highest BCUT2D eigenvalue weighted by atomic mass is 35.5. The molecular weight excluding hydrogens is 392 g/mol. The molecule has 2 aromatic rings. The lowest BCUT2D eigenvalue weighted by molar-refractivity contribution is -0.140. The van der Waals surface area contributed by atoms with Crippen molar-refractivity contribution in [3.05, 3.63) is 70.5 Å². The molecule has 1 aliphatic rings. The Labute approximate surface area is 174 Å². The van der Waals surface area contributed by atoms with E-state index >= 15 is 0 Å². The molecule has 0 aliphatic carbocycles. The normalized spacial score (nSPS) is 18.6. The zero-order valence-corrected chi connectivity index (χ0v) is 17.1. The van der Waals surface area contributed by atoms with Crippen LogP contribution in [-0.2, 0) is 14.3 Å². The average molecular weight is 415 g/mol. The smallest absolute Gasteiger partial charge is 0.295 e. The van der Waals surface area contributed by atoms with E-state index < -0.39 is 17.7 Å². The maximum atomic E-state index is 12.8. The standard InChI is InChI=1S/C22H23ClN2O4/c1-14(2)29-12-4-11-25-19(16-5-3-10-24-13-16)18(21(27)22(25)28)20(26)15-6-8-17(23)9-7-15/h3,5-10,13-14,19,26H,4,11-12H2,1-2H3/t19-/m1/s1. The molecule has 1 aromatic carbocycles. The Kier molecular flexibility index (Phi) is 6.67. The lowest BCUT2D eigenvalue weighted by Crippen LogP contribution is -2.31. The Bertz CT molecular complexity index is 910. The second-order valence-corrected chi connectivity index (χ2v) is 7.50. The molecule has 0 saturated carbocycles. The minimum absolute atomic E-state index is 0.0510. The molecule has 1 aliphatic heterocycles. The molecule has 1 atom stereocenters. The largest absolute Gasteiger partial charge is 0.507 e. The van der Waals surface area contributed by atoms with E-state index in [1.54, 1.807) is 48.8 Å². The molecule has 1 fully saturated rings. The quantitative estimate of drug-likeness (QED) is 0.321. The molecule has 2 heterocycles. The number of aromatic nitrogens is 1. The van der Waals surface area contributed by atoms with E-state index in [9.17, 15) is 14.7 Å². The average Bonchev–Trinajstić information content (AvgIpc) is 2.96. The van der Waals surface area contributed by atoms with Gasteiger partial charge in [0, 0.05) is 36.1 Å². The number of aliphatic hydroxyl groups excluding tert-OH is 1. The highest BCUT2D eigenvalue weighted by Crippen LogP contribution is 2.39. The number of rotatable bonds is 7. The number of halogens is 1. The summed E-state index contributed by atoms with van der Waals surface area (Å²) in [5.74, 6) is -1.58. The second kappa shape index (κ2) is 9.20. The molecule has 1 saturated heterocycles. The minimum atomic E-state index is -0.712. The number of carbonyl (C=O) groups is 2. The molecule has 6 nitrogen and oxygen atoms in total. The SMILES string of the molecule is CC(C)OCCCN1C(=O)C(=O)C(=C(O)c2ccc(Cl)cc2)[C@H]1c1cccnc1. The fourth-order valence-electron chi connectivity index (χ4n) is 3.31. The van der Waals surface area contributed by atoms with Gasteiger partial charge in [-0.25, -0.2) is 0 Å². The van der Waals surface area contributed by atoms with Gasteiger partial charge in [0.25, 0.3) is 11.7 Å². The van der Waals surface area contributed by atoms with Crippen molar-refractivity contribution >= 4 is 29.1 Å². The van der Waals surface area contributed by atoms with Gasteiger partial charge in [-0.15, -0.1) is 0 Å². The van der Waals surface area contributed by atoms with Crippen LogP contribution in [0.3, 0.4) is 0 Å². The highest BCUT2D eigenvalue weighted by Gasteiger charge is 2.45. The monoisotopic (exact) mass is 414 g/mol. The number of ketones is 1. The number of Topliss-reactive ketones (excluding diaryl/α,β-unsaturated/α-hetero) is 1. The first-order chi connectivity index (χ1) is 13.9. The molecule has 0 unspecified atom stereocenters. The number of amides is 1. The predicted octanol–water partition coefficient (Wildman–Crippen LogP) is 3.97. The Morgan fingerprint density at radius 3 is 2.59 bits per heavy atom. The first kappa shape index (κ1) is 21.0. The fraction of sp³-hybridized carbons (Fsp3) is 0.318. The number of nitrogens with zero attached hydrogens (tertiary/aromatic N) is 2. The van der Waals surface area contributed by atoms with Crippen molar-refractivity contribution in [3.63, 3.8) is 0 Å². The highest BCUT2D eigenvalue weighted by molar-refractivity contribution is 6.46.